The maximum Gasteiger partial charge on any atom is 0.150 e. The summed E-state index contributed by atoms with van der Waals surface area (Å²) >= 11 is 5.34. The fraction of sp³-hybridized carbons (Fsp3) is 0.125. The van der Waals surface area contributed by atoms with Crippen LogP contribution in [-0.2, 0) is 7.05 Å². The summed E-state index contributed by atoms with van der Waals surface area (Å²) in [5.74, 6) is -0.248. The van der Waals surface area contributed by atoms with E-state index in [4.69, 9.17) is 0 Å². The lowest BCUT2D eigenvalue weighted by molar-refractivity contribution is 0.624. The van der Waals surface area contributed by atoms with Gasteiger partial charge in [0.05, 0.1) is 0 Å². The minimum atomic E-state index is -0.248. The minimum absolute atomic E-state index is 0.248. The van der Waals surface area contributed by atoms with E-state index >= 15 is 0 Å². The van der Waals surface area contributed by atoms with Crippen LogP contribution in [0.4, 0.5) is 4.39 Å². The zero-order valence-electron chi connectivity index (χ0n) is 6.68. The second-order valence-electron chi connectivity index (χ2n) is 2.70. The summed E-state index contributed by atoms with van der Waals surface area (Å²) in [7, 11) is 1.74. The van der Waals surface area contributed by atoms with E-state index in [2.05, 4.69) is 43.6 Å². The van der Waals surface area contributed by atoms with Crippen LogP contribution in [-0.4, -0.2) is 9.78 Å². The topological polar surface area (TPSA) is 17.8 Å². The van der Waals surface area contributed by atoms with Gasteiger partial charge in [-0.05, 0) is 34.7 Å². The summed E-state index contributed by atoms with van der Waals surface area (Å²) in [5, 5.41) is 4.98. The zero-order valence-corrected chi connectivity index (χ0v) is 10.4. The van der Waals surface area contributed by atoms with Crippen molar-refractivity contribution >= 4 is 49.4 Å². The molecule has 0 aliphatic carbocycles. The molecule has 0 fully saturated rings. The third-order valence-corrected chi connectivity index (χ3v) is 3.07. The van der Waals surface area contributed by atoms with Gasteiger partial charge in [0.1, 0.15) is 15.0 Å². The largest absolute Gasteiger partial charge is 0.264 e. The van der Waals surface area contributed by atoms with Gasteiger partial charge in [-0.25, -0.2) is 4.39 Å². The van der Waals surface area contributed by atoms with Crippen LogP contribution in [0.2, 0.25) is 0 Å². The molecule has 0 radical (unpaired) electrons. The van der Waals surface area contributed by atoms with Gasteiger partial charge >= 0.3 is 0 Å². The van der Waals surface area contributed by atoms with Gasteiger partial charge in [0.15, 0.2) is 0 Å². The summed E-state index contributed by atoms with van der Waals surface area (Å²) in [6.07, 6.45) is 0. The van der Waals surface area contributed by atoms with E-state index in [1.54, 1.807) is 11.7 Å². The molecule has 0 aliphatic rings. The molecule has 0 N–H and O–H groups in total. The average molecular weight is 355 g/mol. The van der Waals surface area contributed by atoms with Crippen molar-refractivity contribution in [3.8, 4) is 0 Å². The van der Waals surface area contributed by atoms with E-state index in [1.807, 2.05) is 6.07 Å². The van der Waals surface area contributed by atoms with Crippen molar-refractivity contribution in [3.05, 3.63) is 26.1 Å². The summed E-state index contributed by atoms with van der Waals surface area (Å²) in [6.45, 7) is 0. The molecule has 0 atom stereocenters. The van der Waals surface area contributed by atoms with E-state index < -0.39 is 0 Å². The highest BCUT2D eigenvalue weighted by Gasteiger charge is 2.11. The third-order valence-electron chi connectivity index (χ3n) is 1.81. The first-order valence-electron chi connectivity index (χ1n) is 3.57. The highest BCUT2D eigenvalue weighted by Crippen LogP contribution is 2.26. The van der Waals surface area contributed by atoms with Crippen LogP contribution in [0.25, 0.3) is 10.9 Å². The van der Waals surface area contributed by atoms with Crippen LogP contribution in [0.3, 0.4) is 0 Å². The Labute approximate surface area is 96.4 Å². The molecule has 2 aromatic rings. The number of hydrogen-bond acceptors (Lipinski definition) is 1. The highest BCUT2D eigenvalue weighted by molar-refractivity contribution is 14.1. The fourth-order valence-corrected chi connectivity index (χ4v) is 2.45. The average Bonchev–Trinajstić information content (AvgIpc) is 2.27. The predicted octanol–water partition coefficient (Wildman–Crippen LogP) is 3.08. The Kier molecular flexibility index (Phi) is 2.31. The van der Waals surface area contributed by atoms with Crippen molar-refractivity contribution in [2.45, 2.75) is 0 Å². The number of hydrogen-bond donors (Lipinski definition) is 0. The molecule has 0 amide bonds. The summed E-state index contributed by atoms with van der Waals surface area (Å²) in [4.78, 5) is 0. The number of benzene rings is 1. The third kappa shape index (κ3) is 1.48. The van der Waals surface area contributed by atoms with Gasteiger partial charge in [0, 0.05) is 16.9 Å². The number of nitrogens with zero attached hydrogens (tertiary/aromatic N) is 2. The molecule has 0 aliphatic heterocycles. The van der Waals surface area contributed by atoms with Crippen molar-refractivity contribution < 1.29 is 4.39 Å². The van der Waals surface area contributed by atoms with Crippen LogP contribution < -0.4 is 0 Å². The first-order chi connectivity index (χ1) is 6.09. The van der Waals surface area contributed by atoms with Crippen molar-refractivity contribution in [1.29, 1.82) is 0 Å². The van der Waals surface area contributed by atoms with Gasteiger partial charge in [0.25, 0.3) is 0 Å². The number of aryl methyl sites for hydroxylation is 1. The van der Waals surface area contributed by atoms with Gasteiger partial charge in [0.2, 0.25) is 0 Å². The second-order valence-corrected chi connectivity index (χ2v) is 4.64. The Bertz CT molecular complexity index is 480. The van der Waals surface area contributed by atoms with Gasteiger partial charge in [-0.2, -0.15) is 5.10 Å². The first kappa shape index (κ1) is 9.39. The number of aromatic nitrogens is 2. The molecule has 2 nitrogen and oxygen atoms in total. The molecule has 2 rings (SSSR count). The number of fused-ring (bicyclic) bond motifs is 1. The van der Waals surface area contributed by atoms with E-state index in [0.29, 0.717) is 5.52 Å². The van der Waals surface area contributed by atoms with E-state index in [0.717, 1.165) is 13.6 Å². The van der Waals surface area contributed by atoms with Crippen LogP contribution >= 0.6 is 38.5 Å². The molecule has 0 unspecified atom stereocenters. The van der Waals surface area contributed by atoms with Gasteiger partial charge in [-0.15, -0.1) is 0 Å². The van der Waals surface area contributed by atoms with E-state index in [1.165, 1.54) is 6.07 Å². The Morgan fingerprint density at radius 1 is 1.54 bits per heavy atom. The standard InChI is InChI=1S/C8H5BrFIN2/c1-13-7-5(8(11)12-13)2-4(9)3-6(7)10/h2-3H,1H3. The van der Waals surface area contributed by atoms with E-state index in [9.17, 15) is 4.39 Å². The first-order valence-corrected chi connectivity index (χ1v) is 5.44. The van der Waals surface area contributed by atoms with Crippen molar-refractivity contribution in [1.82, 2.24) is 9.78 Å². The minimum Gasteiger partial charge on any atom is -0.264 e. The van der Waals surface area contributed by atoms with Crippen LogP contribution in [0.15, 0.2) is 16.6 Å². The molecule has 0 saturated carbocycles. The van der Waals surface area contributed by atoms with Gasteiger partial charge in [-0.3, -0.25) is 4.68 Å². The second kappa shape index (κ2) is 3.20. The molecule has 1 heterocycles. The fourth-order valence-electron chi connectivity index (χ4n) is 1.29. The van der Waals surface area contributed by atoms with Crippen LogP contribution in [0.5, 0.6) is 0 Å². The molecular formula is C8H5BrFIN2. The predicted molar refractivity (Wildman–Crippen MR) is 61.1 cm³/mol. The van der Waals surface area contributed by atoms with Crippen LogP contribution in [0, 0.1) is 9.52 Å². The molecule has 1 aromatic carbocycles. The molecular weight excluding hydrogens is 350 g/mol. The Morgan fingerprint density at radius 2 is 2.23 bits per heavy atom. The zero-order chi connectivity index (χ0) is 9.59. The Morgan fingerprint density at radius 3 is 2.92 bits per heavy atom. The normalized spacial score (nSPS) is 11.1. The quantitative estimate of drug-likeness (QED) is 0.665. The lowest BCUT2D eigenvalue weighted by Crippen LogP contribution is -1.91. The SMILES string of the molecule is Cn1nc(I)c2cc(Br)cc(F)c21. The Hall–Kier alpha value is -0.170. The van der Waals surface area contributed by atoms with Crippen molar-refractivity contribution in [2.24, 2.45) is 7.05 Å². The molecule has 0 saturated heterocycles. The Balaban J connectivity index is 2.97. The summed E-state index contributed by atoms with van der Waals surface area (Å²) in [6, 6.07) is 3.31. The van der Waals surface area contributed by atoms with E-state index in [-0.39, 0.29) is 5.82 Å². The molecule has 68 valence electrons. The molecule has 5 heteroatoms. The van der Waals surface area contributed by atoms with Crippen LogP contribution in [0.1, 0.15) is 0 Å². The summed E-state index contributed by atoms with van der Waals surface area (Å²) < 4.78 is 16.5. The monoisotopic (exact) mass is 354 g/mol. The van der Waals surface area contributed by atoms with Gasteiger partial charge < -0.3 is 0 Å². The number of rotatable bonds is 0. The lowest BCUT2D eigenvalue weighted by Gasteiger charge is -1.96. The molecule has 0 bridgehead atoms. The molecule has 1 aromatic heterocycles. The number of halogens is 3. The van der Waals surface area contributed by atoms with Gasteiger partial charge in [-0.1, -0.05) is 15.9 Å². The highest BCUT2D eigenvalue weighted by atomic mass is 127. The maximum absolute atomic E-state index is 13.4. The maximum atomic E-state index is 13.4. The molecule has 13 heavy (non-hydrogen) atoms. The smallest absolute Gasteiger partial charge is 0.150 e. The van der Waals surface area contributed by atoms with Crippen molar-refractivity contribution in [3.63, 3.8) is 0 Å². The molecule has 0 spiro atoms. The van der Waals surface area contributed by atoms with Crippen molar-refractivity contribution in [2.75, 3.05) is 0 Å². The lowest BCUT2D eigenvalue weighted by atomic mass is 10.2. The summed E-state index contributed by atoms with van der Waals surface area (Å²) in [5.41, 5.74) is 0.549.